The predicted molar refractivity (Wildman–Crippen MR) is 79.2 cm³/mol. The summed E-state index contributed by atoms with van der Waals surface area (Å²) in [5.41, 5.74) is 1.40. The fourth-order valence-electron chi connectivity index (χ4n) is 1.75. The van der Waals surface area contributed by atoms with Gasteiger partial charge in [-0.1, -0.05) is 0 Å². The van der Waals surface area contributed by atoms with Crippen LogP contribution in [-0.4, -0.2) is 29.0 Å². The van der Waals surface area contributed by atoms with E-state index in [0.717, 1.165) is 5.56 Å². The van der Waals surface area contributed by atoms with Crippen molar-refractivity contribution in [1.82, 2.24) is 9.97 Å². The minimum atomic E-state index is -0.527. The number of rotatable bonds is 5. The minimum Gasteiger partial charge on any atom is -0.497 e. The summed E-state index contributed by atoms with van der Waals surface area (Å²) >= 11 is 0. The molecule has 110 valence electrons. The molecule has 1 heterocycles. The van der Waals surface area contributed by atoms with Crippen LogP contribution in [0.5, 0.6) is 5.75 Å². The molecule has 0 aliphatic carbocycles. The van der Waals surface area contributed by atoms with Crippen molar-refractivity contribution in [3.63, 3.8) is 0 Å². The van der Waals surface area contributed by atoms with Crippen LogP contribution in [0.25, 0.3) is 0 Å². The van der Waals surface area contributed by atoms with E-state index in [1.54, 1.807) is 26.3 Å². The maximum absolute atomic E-state index is 11.0. The van der Waals surface area contributed by atoms with Crippen molar-refractivity contribution < 1.29 is 9.66 Å². The Hall–Kier alpha value is -2.90. The maximum Gasteiger partial charge on any atom is 0.329 e. The molecule has 0 aliphatic heterocycles. The second-order valence-electron chi connectivity index (χ2n) is 4.24. The average Bonchev–Trinajstić information content (AvgIpc) is 2.48. The highest BCUT2D eigenvalue weighted by atomic mass is 16.6. The van der Waals surface area contributed by atoms with E-state index < -0.39 is 4.92 Å². The lowest BCUT2D eigenvalue weighted by Crippen LogP contribution is -2.05. The second kappa shape index (κ2) is 6.04. The van der Waals surface area contributed by atoms with Gasteiger partial charge in [-0.05, 0) is 30.7 Å². The van der Waals surface area contributed by atoms with E-state index in [4.69, 9.17) is 4.74 Å². The maximum atomic E-state index is 11.0. The molecule has 0 bridgehead atoms. The van der Waals surface area contributed by atoms with Crippen molar-refractivity contribution in [3.05, 3.63) is 40.1 Å². The highest BCUT2D eigenvalue weighted by Gasteiger charge is 2.18. The molecule has 21 heavy (non-hydrogen) atoms. The quantitative estimate of drug-likeness (QED) is 0.643. The Labute approximate surface area is 121 Å². The highest BCUT2D eigenvalue weighted by molar-refractivity contribution is 5.68. The standard InChI is InChI=1S/C13H15N5O3/c1-8-6-9(21-3)4-5-10(8)16-12-11(18(19)20)7-15-13(14-2)17-12/h4-7H,1-3H3,(H2,14,15,16,17). The van der Waals surface area contributed by atoms with Gasteiger partial charge in [0.1, 0.15) is 11.9 Å². The number of methoxy groups -OCH3 is 1. The van der Waals surface area contributed by atoms with E-state index >= 15 is 0 Å². The molecule has 0 spiro atoms. The fraction of sp³-hybridized carbons (Fsp3) is 0.231. The van der Waals surface area contributed by atoms with E-state index in [-0.39, 0.29) is 11.5 Å². The van der Waals surface area contributed by atoms with Crippen molar-refractivity contribution >= 4 is 23.1 Å². The van der Waals surface area contributed by atoms with Crippen LogP contribution in [0, 0.1) is 17.0 Å². The van der Waals surface area contributed by atoms with Gasteiger partial charge in [-0.3, -0.25) is 10.1 Å². The number of nitro groups is 1. The number of nitrogens with one attached hydrogen (secondary N) is 2. The van der Waals surface area contributed by atoms with Gasteiger partial charge in [0, 0.05) is 12.7 Å². The number of hydrogen-bond donors (Lipinski definition) is 2. The molecular weight excluding hydrogens is 274 g/mol. The Morgan fingerprint density at radius 2 is 2.14 bits per heavy atom. The van der Waals surface area contributed by atoms with Crippen molar-refractivity contribution in [1.29, 1.82) is 0 Å². The Bertz CT molecular complexity index is 675. The molecule has 1 aromatic heterocycles. The van der Waals surface area contributed by atoms with Crippen LogP contribution in [0.15, 0.2) is 24.4 Å². The first kappa shape index (κ1) is 14.5. The van der Waals surface area contributed by atoms with Crippen molar-refractivity contribution in [2.75, 3.05) is 24.8 Å². The number of hydrogen-bond acceptors (Lipinski definition) is 7. The molecule has 2 aromatic rings. The summed E-state index contributed by atoms with van der Waals surface area (Å²) in [4.78, 5) is 18.4. The fourth-order valence-corrected chi connectivity index (χ4v) is 1.75. The molecule has 2 rings (SSSR count). The lowest BCUT2D eigenvalue weighted by Gasteiger charge is -2.11. The van der Waals surface area contributed by atoms with Gasteiger partial charge in [-0.2, -0.15) is 4.98 Å². The van der Waals surface area contributed by atoms with E-state index in [1.807, 2.05) is 13.0 Å². The first-order chi connectivity index (χ1) is 10.0. The van der Waals surface area contributed by atoms with Crippen molar-refractivity contribution in [3.8, 4) is 5.75 Å². The molecule has 0 saturated heterocycles. The summed E-state index contributed by atoms with van der Waals surface area (Å²) in [6, 6.07) is 5.37. The molecule has 0 aliphatic rings. The molecule has 1 aromatic carbocycles. The second-order valence-corrected chi connectivity index (χ2v) is 4.24. The molecule has 0 atom stereocenters. The van der Waals surface area contributed by atoms with Crippen molar-refractivity contribution in [2.45, 2.75) is 6.92 Å². The van der Waals surface area contributed by atoms with Gasteiger partial charge in [0.05, 0.1) is 12.0 Å². The number of benzene rings is 1. The topological polar surface area (TPSA) is 102 Å². The Balaban J connectivity index is 2.40. The first-order valence-corrected chi connectivity index (χ1v) is 6.16. The van der Waals surface area contributed by atoms with Crippen LogP contribution in [-0.2, 0) is 0 Å². The Morgan fingerprint density at radius 3 is 2.71 bits per heavy atom. The molecule has 0 saturated carbocycles. The van der Waals surface area contributed by atoms with E-state index in [1.165, 1.54) is 6.20 Å². The molecule has 8 heteroatoms. The van der Waals surface area contributed by atoms with E-state index in [9.17, 15) is 10.1 Å². The minimum absolute atomic E-state index is 0.132. The highest BCUT2D eigenvalue weighted by Crippen LogP contribution is 2.29. The van der Waals surface area contributed by atoms with Crippen LogP contribution in [0.4, 0.5) is 23.1 Å². The van der Waals surface area contributed by atoms with Gasteiger partial charge in [-0.15, -0.1) is 0 Å². The van der Waals surface area contributed by atoms with E-state index in [2.05, 4.69) is 20.6 Å². The SMILES string of the molecule is CNc1ncc([N+](=O)[O-])c(Nc2ccc(OC)cc2C)n1. The Morgan fingerprint density at radius 1 is 1.38 bits per heavy atom. The number of ether oxygens (including phenoxy) is 1. The van der Waals surface area contributed by atoms with Crippen LogP contribution in [0.3, 0.4) is 0 Å². The molecular formula is C13H15N5O3. The Kier molecular flexibility index (Phi) is 4.17. The third-order valence-electron chi connectivity index (χ3n) is 2.88. The molecule has 0 unspecified atom stereocenters. The molecule has 8 nitrogen and oxygen atoms in total. The summed E-state index contributed by atoms with van der Waals surface area (Å²) in [6.45, 7) is 1.87. The van der Waals surface area contributed by atoms with Gasteiger partial charge in [-0.25, -0.2) is 4.98 Å². The predicted octanol–water partition coefficient (Wildman–Crippen LogP) is 2.49. The van der Waals surface area contributed by atoms with Gasteiger partial charge >= 0.3 is 5.69 Å². The zero-order chi connectivity index (χ0) is 15.4. The third-order valence-corrected chi connectivity index (χ3v) is 2.88. The lowest BCUT2D eigenvalue weighted by atomic mass is 10.2. The molecule has 0 fully saturated rings. The van der Waals surface area contributed by atoms with Gasteiger partial charge in [0.25, 0.3) is 0 Å². The number of aryl methyl sites for hydroxylation is 1. The number of nitrogens with zero attached hydrogens (tertiary/aromatic N) is 3. The summed E-state index contributed by atoms with van der Waals surface area (Å²) in [6.07, 6.45) is 1.17. The van der Waals surface area contributed by atoms with E-state index in [0.29, 0.717) is 17.4 Å². The van der Waals surface area contributed by atoms with Gasteiger partial charge < -0.3 is 15.4 Å². The first-order valence-electron chi connectivity index (χ1n) is 6.16. The van der Waals surface area contributed by atoms with Crippen LogP contribution >= 0.6 is 0 Å². The molecule has 2 N–H and O–H groups in total. The lowest BCUT2D eigenvalue weighted by molar-refractivity contribution is -0.384. The number of aromatic nitrogens is 2. The zero-order valence-electron chi connectivity index (χ0n) is 11.9. The van der Waals surface area contributed by atoms with Gasteiger partial charge in [0.15, 0.2) is 0 Å². The van der Waals surface area contributed by atoms with Crippen LogP contribution in [0.1, 0.15) is 5.56 Å². The third kappa shape index (κ3) is 3.16. The summed E-state index contributed by atoms with van der Waals surface area (Å²) in [5.74, 6) is 1.15. The summed E-state index contributed by atoms with van der Waals surface area (Å²) in [7, 11) is 3.22. The van der Waals surface area contributed by atoms with Crippen LogP contribution in [0.2, 0.25) is 0 Å². The average molecular weight is 289 g/mol. The molecule has 0 amide bonds. The smallest absolute Gasteiger partial charge is 0.329 e. The largest absolute Gasteiger partial charge is 0.497 e. The summed E-state index contributed by atoms with van der Waals surface area (Å²) < 4.78 is 5.13. The van der Waals surface area contributed by atoms with Gasteiger partial charge in [0.2, 0.25) is 11.8 Å². The van der Waals surface area contributed by atoms with Crippen LogP contribution < -0.4 is 15.4 Å². The monoisotopic (exact) mass is 289 g/mol. The summed E-state index contributed by atoms with van der Waals surface area (Å²) in [5, 5.41) is 16.7. The number of anilines is 3. The zero-order valence-corrected chi connectivity index (χ0v) is 11.9. The molecule has 0 radical (unpaired) electrons. The normalized spacial score (nSPS) is 10.0. The van der Waals surface area contributed by atoms with Crippen molar-refractivity contribution in [2.24, 2.45) is 0 Å².